The molecule has 0 radical (unpaired) electrons. The first-order valence-corrected chi connectivity index (χ1v) is 3.66. The Hall–Kier alpha value is -0.0200. The van der Waals surface area contributed by atoms with Gasteiger partial charge in [0.05, 0.1) is 0 Å². The lowest BCUT2D eigenvalue weighted by Gasteiger charge is -2.09. The van der Waals surface area contributed by atoms with Crippen molar-refractivity contribution < 1.29 is 4.79 Å². The monoisotopic (exact) mass is 131 g/mol. The van der Waals surface area contributed by atoms with Crippen LogP contribution in [-0.4, -0.2) is 35.9 Å². The molecule has 46 valence electrons. The number of carbonyl (C=O) groups is 1. The standard InChI is InChI=1S/C5H9NOS/c1-6-2-3-8-5(6)4-7/h4-5H,2-3H2,1H3/t5-/m0/s1. The minimum Gasteiger partial charge on any atom is -0.301 e. The van der Waals surface area contributed by atoms with Gasteiger partial charge in [0.2, 0.25) is 0 Å². The van der Waals surface area contributed by atoms with Crippen molar-refractivity contribution in [3.8, 4) is 0 Å². The predicted octanol–water partition coefficient (Wildman–Crippen LogP) is 0.190. The zero-order valence-corrected chi connectivity index (χ0v) is 5.65. The van der Waals surface area contributed by atoms with Crippen molar-refractivity contribution in [1.82, 2.24) is 4.90 Å². The van der Waals surface area contributed by atoms with E-state index in [0.717, 1.165) is 18.6 Å². The lowest BCUT2D eigenvalue weighted by Crippen LogP contribution is -2.24. The van der Waals surface area contributed by atoms with Gasteiger partial charge in [-0.2, -0.15) is 0 Å². The van der Waals surface area contributed by atoms with Crippen LogP contribution in [-0.2, 0) is 4.79 Å². The molecule has 0 N–H and O–H groups in total. The van der Waals surface area contributed by atoms with E-state index in [2.05, 4.69) is 4.90 Å². The Kier molecular flexibility index (Phi) is 1.91. The third-order valence-corrected chi connectivity index (χ3v) is 2.51. The van der Waals surface area contributed by atoms with Crippen LogP contribution < -0.4 is 0 Å². The molecule has 2 nitrogen and oxygen atoms in total. The number of aldehydes is 1. The molecule has 0 aromatic rings. The predicted molar refractivity (Wildman–Crippen MR) is 34.9 cm³/mol. The fourth-order valence-corrected chi connectivity index (χ4v) is 1.79. The van der Waals surface area contributed by atoms with Gasteiger partial charge in [0.1, 0.15) is 11.7 Å². The van der Waals surface area contributed by atoms with Crippen LogP contribution in [0.2, 0.25) is 0 Å². The van der Waals surface area contributed by atoms with E-state index >= 15 is 0 Å². The third kappa shape index (κ3) is 1.03. The maximum Gasteiger partial charge on any atom is 0.147 e. The highest BCUT2D eigenvalue weighted by Gasteiger charge is 2.19. The lowest BCUT2D eigenvalue weighted by molar-refractivity contribution is -0.109. The maximum atomic E-state index is 10.2. The summed E-state index contributed by atoms with van der Waals surface area (Å²) >= 11 is 1.71. The molecule has 0 aromatic heterocycles. The smallest absolute Gasteiger partial charge is 0.147 e. The van der Waals surface area contributed by atoms with Crippen molar-refractivity contribution in [3.63, 3.8) is 0 Å². The lowest BCUT2D eigenvalue weighted by atomic mass is 10.6. The topological polar surface area (TPSA) is 20.3 Å². The molecule has 1 heterocycles. The van der Waals surface area contributed by atoms with Gasteiger partial charge in [-0.3, -0.25) is 4.90 Å². The van der Waals surface area contributed by atoms with Gasteiger partial charge in [-0.1, -0.05) is 0 Å². The van der Waals surface area contributed by atoms with E-state index in [-0.39, 0.29) is 5.37 Å². The fourth-order valence-electron chi connectivity index (χ4n) is 0.715. The second kappa shape index (κ2) is 2.51. The van der Waals surface area contributed by atoms with E-state index < -0.39 is 0 Å². The number of thioether (sulfide) groups is 1. The molecule has 1 rings (SSSR count). The van der Waals surface area contributed by atoms with Crippen LogP contribution >= 0.6 is 11.8 Å². The number of hydrogen-bond donors (Lipinski definition) is 0. The zero-order valence-electron chi connectivity index (χ0n) is 4.83. The number of likely N-dealkylation sites (N-methyl/N-ethyl adjacent to an activating group) is 1. The van der Waals surface area contributed by atoms with Crippen molar-refractivity contribution in [1.29, 1.82) is 0 Å². The summed E-state index contributed by atoms with van der Waals surface area (Å²) in [6.45, 7) is 1.05. The first-order chi connectivity index (χ1) is 3.84. The molecule has 3 heteroatoms. The summed E-state index contributed by atoms with van der Waals surface area (Å²) in [5.41, 5.74) is 0. The molecule has 0 unspecified atom stereocenters. The van der Waals surface area contributed by atoms with Gasteiger partial charge in [-0.15, -0.1) is 11.8 Å². The number of carbonyl (C=O) groups excluding carboxylic acids is 1. The van der Waals surface area contributed by atoms with Crippen LogP contribution in [0.25, 0.3) is 0 Å². The second-order valence-electron chi connectivity index (χ2n) is 1.88. The first-order valence-electron chi connectivity index (χ1n) is 2.62. The summed E-state index contributed by atoms with van der Waals surface area (Å²) in [6.07, 6.45) is 0.998. The van der Waals surface area contributed by atoms with Gasteiger partial charge >= 0.3 is 0 Å². The molecule has 8 heavy (non-hydrogen) atoms. The van der Waals surface area contributed by atoms with E-state index in [1.807, 2.05) is 7.05 Å². The Morgan fingerprint density at radius 3 is 2.88 bits per heavy atom. The van der Waals surface area contributed by atoms with Crippen molar-refractivity contribution >= 4 is 18.0 Å². The summed E-state index contributed by atoms with van der Waals surface area (Å²) in [7, 11) is 1.97. The quantitative estimate of drug-likeness (QED) is 0.474. The fraction of sp³-hybridized carbons (Fsp3) is 0.800. The molecule has 1 atom stereocenters. The van der Waals surface area contributed by atoms with Gasteiger partial charge in [0.25, 0.3) is 0 Å². The molecular weight excluding hydrogens is 122 g/mol. The Morgan fingerprint density at radius 1 is 1.88 bits per heavy atom. The highest BCUT2D eigenvalue weighted by Crippen LogP contribution is 2.18. The Morgan fingerprint density at radius 2 is 2.62 bits per heavy atom. The van der Waals surface area contributed by atoms with Crippen LogP contribution in [0.15, 0.2) is 0 Å². The molecule has 0 aromatic carbocycles. The Balaban J connectivity index is 2.41. The molecule has 0 saturated carbocycles. The highest BCUT2D eigenvalue weighted by molar-refractivity contribution is 8.00. The first kappa shape index (κ1) is 6.11. The Bertz CT molecular complexity index is 96.4. The van der Waals surface area contributed by atoms with Crippen LogP contribution in [0.4, 0.5) is 0 Å². The van der Waals surface area contributed by atoms with Crippen LogP contribution in [0.5, 0.6) is 0 Å². The summed E-state index contributed by atoms with van der Waals surface area (Å²) in [5, 5.41) is 0.134. The van der Waals surface area contributed by atoms with Gasteiger partial charge < -0.3 is 4.79 Å². The SMILES string of the molecule is CN1CCS[C@H]1C=O. The maximum absolute atomic E-state index is 10.2. The summed E-state index contributed by atoms with van der Waals surface area (Å²) < 4.78 is 0. The van der Waals surface area contributed by atoms with E-state index in [4.69, 9.17) is 0 Å². The molecule has 1 aliphatic rings. The summed E-state index contributed by atoms with van der Waals surface area (Å²) in [6, 6.07) is 0. The third-order valence-electron chi connectivity index (χ3n) is 1.28. The molecule has 1 aliphatic heterocycles. The highest BCUT2D eigenvalue weighted by atomic mass is 32.2. The molecule has 0 amide bonds. The van der Waals surface area contributed by atoms with Gasteiger partial charge in [-0.25, -0.2) is 0 Å². The number of rotatable bonds is 1. The van der Waals surface area contributed by atoms with E-state index in [0.29, 0.717) is 0 Å². The van der Waals surface area contributed by atoms with Gasteiger partial charge in [-0.05, 0) is 7.05 Å². The second-order valence-corrected chi connectivity index (χ2v) is 3.10. The molecular formula is C5H9NOS. The van der Waals surface area contributed by atoms with Crippen LogP contribution in [0.3, 0.4) is 0 Å². The van der Waals surface area contributed by atoms with Gasteiger partial charge in [0, 0.05) is 12.3 Å². The van der Waals surface area contributed by atoms with Crippen molar-refractivity contribution in [2.45, 2.75) is 5.37 Å². The zero-order chi connectivity index (χ0) is 5.98. The van der Waals surface area contributed by atoms with E-state index in [1.54, 1.807) is 11.8 Å². The van der Waals surface area contributed by atoms with E-state index in [9.17, 15) is 4.79 Å². The minimum atomic E-state index is 0.134. The van der Waals surface area contributed by atoms with E-state index in [1.165, 1.54) is 0 Å². The van der Waals surface area contributed by atoms with Crippen molar-refractivity contribution in [2.75, 3.05) is 19.3 Å². The van der Waals surface area contributed by atoms with Crippen molar-refractivity contribution in [3.05, 3.63) is 0 Å². The normalized spacial score (nSPS) is 30.9. The van der Waals surface area contributed by atoms with Crippen LogP contribution in [0.1, 0.15) is 0 Å². The molecule has 1 saturated heterocycles. The van der Waals surface area contributed by atoms with Crippen LogP contribution in [0, 0.1) is 0 Å². The molecule has 1 fully saturated rings. The Labute approximate surface area is 53.2 Å². The minimum absolute atomic E-state index is 0.134. The van der Waals surface area contributed by atoms with Gasteiger partial charge in [0.15, 0.2) is 0 Å². The number of hydrogen-bond acceptors (Lipinski definition) is 3. The molecule has 0 spiro atoms. The molecule has 0 bridgehead atoms. The molecule has 0 aliphatic carbocycles. The summed E-state index contributed by atoms with van der Waals surface area (Å²) in [5.74, 6) is 1.10. The number of nitrogens with zero attached hydrogens (tertiary/aromatic N) is 1. The average molecular weight is 131 g/mol. The average Bonchev–Trinajstić information content (AvgIpc) is 2.14. The largest absolute Gasteiger partial charge is 0.301 e. The van der Waals surface area contributed by atoms with Crippen molar-refractivity contribution in [2.24, 2.45) is 0 Å². The summed E-state index contributed by atoms with van der Waals surface area (Å²) in [4.78, 5) is 12.2.